The third-order valence-corrected chi connectivity index (χ3v) is 17.3. The second kappa shape index (κ2) is 18.6. The summed E-state index contributed by atoms with van der Waals surface area (Å²) in [4.78, 5) is 10.7. The zero-order valence-corrected chi connectivity index (χ0v) is 44.9. The van der Waals surface area contributed by atoms with Crippen molar-refractivity contribution < 1.29 is 0 Å². The lowest BCUT2D eigenvalue weighted by atomic mass is 9.96. The van der Waals surface area contributed by atoms with Crippen molar-refractivity contribution in [2.45, 2.75) is 31.3 Å². The molecule has 2 unspecified atom stereocenters. The van der Waals surface area contributed by atoms with Gasteiger partial charge in [0.05, 0.1) is 73.0 Å². The van der Waals surface area contributed by atoms with Gasteiger partial charge in [0.15, 0.2) is 0 Å². The van der Waals surface area contributed by atoms with Crippen LogP contribution in [0.25, 0.3) is 133 Å². The fourth-order valence-corrected chi connectivity index (χ4v) is 13.8. The van der Waals surface area contributed by atoms with Gasteiger partial charge in [-0.25, -0.2) is 9.97 Å². The lowest BCUT2D eigenvalue weighted by Gasteiger charge is -2.27. The van der Waals surface area contributed by atoms with Crippen LogP contribution in [-0.2, 0) is 0 Å². The molecule has 7 nitrogen and oxygen atoms in total. The van der Waals surface area contributed by atoms with Gasteiger partial charge in [0.25, 0.3) is 0 Å². The van der Waals surface area contributed by atoms with E-state index in [0.717, 1.165) is 64.7 Å². The third-order valence-electron chi connectivity index (χ3n) is 17.3. The van der Waals surface area contributed by atoms with Crippen molar-refractivity contribution in [2.75, 3.05) is 0 Å². The van der Waals surface area contributed by atoms with Crippen LogP contribution in [0.5, 0.6) is 0 Å². The minimum atomic E-state index is -0.0911. The SMILES string of the molecule is C1=CCCC(n2c3ccccc3c3c2ccc2c4ccccc4n(-c4cccc(-c5cccc(-c6cccc(C7C=CCC(c8cccc(-n9c%10ccccc%10c%10c9ccc9c%11ccccc%11n(-c%11ccccc%11)c9%10)c8)N7)n6)n5)c4)c23)=C1. The van der Waals surface area contributed by atoms with Gasteiger partial charge >= 0.3 is 0 Å². The van der Waals surface area contributed by atoms with Crippen molar-refractivity contribution in [1.82, 2.24) is 33.6 Å². The molecule has 15 aromatic rings. The predicted molar refractivity (Wildman–Crippen MR) is 340 cm³/mol. The van der Waals surface area contributed by atoms with Crippen molar-refractivity contribution in [1.29, 1.82) is 0 Å². The minimum Gasteiger partial charge on any atom is -0.313 e. The Kier molecular flexibility index (Phi) is 10.6. The van der Waals surface area contributed by atoms with Crippen molar-refractivity contribution in [3.05, 3.63) is 278 Å². The molecule has 82 heavy (non-hydrogen) atoms. The van der Waals surface area contributed by atoms with E-state index in [1.165, 1.54) is 98.5 Å². The van der Waals surface area contributed by atoms with Gasteiger partial charge in [-0.3, -0.25) is 5.32 Å². The normalized spacial score (nSPS) is 15.6. The molecule has 388 valence electrons. The Morgan fingerprint density at radius 2 is 0.939 bits per heavy atom. The van der Waals surface area contributed by atoms with Gasteiger partial charge in [0.2, 0.25) is 0 Å². The number of pyridine rings is 2. The van der Waals surface area contributed by atoms with Crippen molar-refractivity contribution >= 4 is 92.9 Å². The van der Waals surface area contributed by atoms with Crippen LogP contribution in [0.4, 0.5) is 0 Å². The smallest absolute Gasteiger partial charge is 0.0893 e. The number of fused-ring (bicyclic) bond motifs is 14. The molecule has 2 aliphatic rings. The molecule has 0 radical (unpaired) electrons. The van der Waals surface area contributed by atoms with Crippen molar-refractivity contribution in [3.63, 3.8) is 0 Å². The highest BCUT2D eigenvalue weighted by molar-refractivity contribution is 6.27. The van der Waals surface area contributed by atoms with Crippen LogP contribution in [0.1, 0.15) is 42.6 Å². The monoisotopic (exact) mass is 1050 g/mol. The molecule has 0 fully saturated rings. The largest absolute Gasteiger partial charge is 0.313 e. The number of aromatic nitrogens is 6. The van der Waals surface area contributed by atoms with Crippen LogP contribution in [0.3, 0.4) is 0 Å². The predicted octanol–water partition coefficient (Wildman–Crippen LogP) is 18.7. The molecule has 7 heteroatoms. The van der Waals surface area contributed by atoms with Crippen LogP contribution < -0.4 is 5.32 Å². The zero-order valence-electron chi connectivity index (χ0n) is 44.9. The molecule has 0 spiro atoms. The lowest BCUT2D eigenvalue weighted by Crippen LogP contribution is -2.28. The quantitative estimate of drug-likeness (QED) is 0.154. The first kappa shape index (κ1) is 46.6. The van der Waals surface area contributed by atoms with Crippen molar-refractivity contribution in [2.24, 2.45) is 0 Å². The van der Waals surface area contributed by atoms with Crippen LogP contribution >= 0.6 is 0 Å². The van der Waals surface area contributed by atoms with Gasteiger partial charge < -0.3 is 18.3 Å². The first-order valence-electron chi connectivity index (χ1n) is 28.6. The van der Waals surface area contributed by atoms with Crippen LogP contribution in [0, 0.1) is 0 Å². The minimum absolute atomic E-state index is 0.0746. The highest BCUT2D eigenvalue weighted by Crippen LogP contribution is 2.45. The zero-order chi connectivity index (χ0) is 53.8. The van der Waals surface area contributed by atoms with E-state index >= 15 is 0 Å². The molecule has 0 saturated heterocycles. The number of allylic oxidation sites excluding steroid dienone is 4. The summed E-state index contributed by atoms with van der Waals surface area (Å²) in [7, 11) is 0. The molecule has 1 aliphatic carbocycles. The number of rotatable bonds is 8. The Bertz CT molecular complexity index is 5190. The Labute approximate surface area is 473 Å². The lowest BCUT2D eigenvalue weighted by molar-refractivity contribution is 0.470. The van der Waals surface area contributed by atoms with E-state index in [4.69, 9.17) is 9.97 Å². The number of nitrogens with one attached hydrogen (secondary N) is 1. The highest BCUT2D eigenvalue weighted by atomic mass is 15.0. The Morgan fingerprint density at radius 1 is 0.390 bits per heavy atom. The summed E-state index contributed by atoms with van der Waals surface area (Å²) in [5.74, 6) is 0. The summed E-state index contributed by atoms with van der Waals surface area (Å²) in [5.41, 5.74) is 20.2. The molecule has 1 N–H and O–H groups in total. The molecule has 9 aromatic carbocycles. The molecule has 2 atom stereocenters. The molecule has 17 rings (SSSR count). The topological polar surface area (TPSA) is 57.5 Å². The van der Waals surface area contributed by atoms with Gasteiger partial charge in [-0.05, 0) is 128 Å². The third kappa shape index (κ3) is 7.19. The summed E-state index contributed by atoms with van der Waals surface area (Å²) < 4.78 is 9.86. The number of hydrogen-bond donors (Lipinski definition) is 1. The number of hydrogen-bond acceptors (Lipinski definition) is 3. The summed E-state index contributed by atoms with van der Waals surface area (Å²) in [6.45, 7) is 0. The fourth-order valence-electron chi connectivity index (χ4n) is 13.8. The van der Waals surface area contributed by atoms with Gasteiger partial charge in [0.1, 0.15) is 0 Å². The Balaban J connectivity index is 0.703. The maximum absolute atomic E-state index is 5.35. The van der Waals surface area contributed by atoms with E-state index in [-0.39, 0.29) is 12.1 Å². The summed E-state index contributed by atoms with van der Waals surface area (Å²) in [6, 6.07) is 86.1. The molecule has 7 heterocycles. The second-order valence-electron chi connectivity index (χ2n) is 21.9. The summed E-state index contributed by atoms with van der Waals surface area (Å²) in [6.07, 6.45) is 14.2. The maximum atomic E-state index is 5.35. The number of nitrogens with zero attached hydrogens (tertiary/aromatic N) is 6. The fraction of sp³-hybridized carbons (Fsp3) is 0.0667. The standard InChI is InChI=1S/C75H53N7/c1-3-22-50(23-4-1)79-68-40-13-9-30-58(68)72-70(79)44-42-57-55-29-8-12-39-67(55)82(75(57)72)53-27-16-21-49(47-53)61-33-18-35-63(77-61)65-37-19-36-64(78-65)62-34-17-32-60(76-62)48-20-15-26-52(46-48)80-69-41-14-10-31-59(69)73-71(80)45-43-56-54-28-7-11-38-66(54)81(74(56)73)51-24-5-2-6-25-51/h1-3,5-22,24-31,33-47,60,62,76H,4,23,32H2. The summed E-state index contributed by atoms with van der Waals surface area (Å²) in [5, 5.41) is 14.0. The Hall–Kier alpha value is -10.3. The molecule has 1 aliphatic heterocycles. The highest BCUT2D eigenvalue weighted by Gasteiger charge is 2.26. The van der Waals surface area contributed by atoms with E-state index in [1.54, 1.807) is 0 Å². The van der Waals surface area contributed by atoms with E-state index in [2.05, 4.69) is 291 Å². The van der Waals surface area contributed by atoms with E-state index < -0.39 is 0 Å². The van der Waals surface area contributed by atoms with Crippen LogP contribution in [-0.4, -0.2) is 28.2 Å². The van der Waals surface area contributed by atoms with Gasteiger partial charge in [-0.1, -0.05) is 164 Å². The van der Waals surface area contributed by atoms with Gasteiger partial charge in [0, 0.05) is 77.5 Å². The van der Waals surface area contributed by atoms with E-state index in [9.17, 15) is 0 Å². The first-order chi connectivity index (χ1) is 40.7. The second-order valence-corrected chi connectivity index (χ2v) is 21.9. The van der Waals surface area contributed by atoms with Crippen LogP contribution in [0.2, 0.25) is 0 Å². The van der Waals surface area contributed by atoms with E-state index in [1.807, 2.05) is 0 Å². The average Bonchev–Trinajstić information content (AvgIpc) is 4.14. The van der Waals surface area contributed by atoms with E-state index in [0.29, 0.717) is 0 Å². The molecule has 0 bridgehead atoms. The molecule has 0 saturated carbocycles. The van der Waals surface area contributed by atoms with Gasteiger partial charge in [-0.15, -0.1) is 0 Å². The molecular weight excluding hydrogens is 999 g/mol. The van der Waals surface area contributed by atoms with Crippen molar-refractivity contribution in [3.8, 4) is 39.7 Å². The average molecular weight is 1050 g/mol. The first-order valence-corrected chi connectivity index (χ1v) is 28.6. The van der Waals surface area contributed by atoms with Gasteiger partial charge in [-0.2, -0.15) is 0 Å². The molecule has 0 amide bonds. The number of benzene rings is 9. The summed E-state index contributed by atoms with van der Waals surface area (Å²) >= 11 is 0. The molecular formula is C75H53N7. The molecule has 6 aromatic heterocycles. The Morgan fingerprint density at radius 3 is 1.63 bits per heavy atom. The maximum Gasteiger partial charge on any atom is 0.0893 e. The van der Waals surface area contributed by atoms with Crippen LogP contribution in [0.15, 0.2) is 267 Å². The number of para-hydroxylation sites is 5.